The molecule has 0 saturated heterocycles. The summed E-state index contributed by atoms with van der Waals surface area (Å²) in [5.74, 6) is -0.568. The van der Waals surface area contributed by atoms with Crippen molar-refractivity contribution in [3.63, 3.8) is 0 Å². The Balaban J connectivity index is 1.41. The van der Waals surface area contributed by atoms with Gasteiger partial charge in [0.1, 0.15) is 12.3 Å². The Hall–Kier alpha value is -4.59. The summed E-state index contributed by atoms with van der Waals surface area (Å²) in [6.07, 6.45) is 0. The Morgan fingerprint density at radius 3 is 2.39 bits per heavy atom. The summed E-state index contributed by atoms with van der Waals surface area (Å²) in [6.45, 7) is 1.80. The van der Waals surface area contributed by atoms with Crippen LogP contribution in [0.3, 0.4) is 0 Å². The molecule has 0 fully saturated rings. The molecule has 0 saturated carbocycles. The highest BCUT2D eigenvalue weighted by atomic mass is 16.5. The number of benzene rings is 3. The summed E-state index contributed by atoms with van der Waals surface area (Å²) < 4.78 is 7.20. The molecule has 8 heteroatoms. The van der Waals surface area contributed by atoms with E-state index in [2.05, 4.69) is 15.4 Å². The average Bonchev–Trinajstić information content (AvgIpc) is 3.32. The van der Waals surface area contributed by atoms with Crippen LogP contribution in [-0.2, 0) is 11.8 Å². The standard InChI is InChI=1S/C28H26N4O4/c1-17-25(22-10-6-7-11-23(22)31(17)2)26-20-8-4-5-9-21(20)28(35)32(26)16-24(33)29-30-27(34)18-12-14-19(36-3)15-13-18/h4-15,26H,16H2,1-3H3,(H,29,33)(H,30,34). The van der Waals surface area contributed by atoms with Gasteiger partial charge in [0.05, 0.1) is 13.2 Å². The van der Waals surface area contributed by atoms with E-state index in [4.69, 9.17) is 4.74 Å². The van der Waals surface area contributed by atoms with Gasteiger partial charge in [-0.25, -0.2) is 0 Å². The summed E-state index contributed by atoms with van der Waals surface area (Å²) in [5.41, 5.74) is 9.73. The van der Waals surface area contributed by atoms with Crippen LogP contribution in [0.1, 0.15) is 43.6 Å². The molecule has 182 valence electrons. The van der Waals surface area contributed by atoms with Gasteiger partial charge in [-0.15, -0.1) is 0 Å². The minimum Gasteiger partial charge on any atom is -0.497 e. The Morgan fingerprint density at radius 2 is 1.64 bits per heavy atom. The molecule has 2 N–H and O–H groups in total. The summed E-state index contributed by atoms with van der Waals surface area (Å²) in [5, 5.41) is 1.03. The van der Waals surface area contributed by atoms with E-state index >= 15 is 0 Å². The summed E-state index contributed by atoms with van der Waals surface area (Å²) in [7, 11) is 3.54. The molecular formula is C28H26N4O4. The molecule has 1 atom stereocenters. The van der Waals surface area contributed by atoms with Crippen molar-refractivity contribution >= 4 is 28.6 Å². The highest BCUT2D eigenvalue weighted by molar-refractivity contribution is 6.03. The van der Waals surface area contributed by atoms with Crippen molar-refractivity contribution in [2.24, 2.45) is 7.05 Å². The topological polar surface area (TPSA) is 92.7 Å². The number of methoxy groups -OCH3 is 1. The molecule has 0 radical (unpaired) electrons. The van der Waals surface area contributed by atoms with E-state index in [0.29, 0.717) is 16.9 Å². The zero-order valence-electron chi connectivity index (χ0n) is 20.2. The van der Waals surface area contributed by atoms with Crippen molar-refractivity contribution in [1.29, 1.82) is 0 Å². The highest BCUT2D eigenvalue weighted by Crippen LogP contribution is 2.43. The monoisotopic (exact) mass is 482 g/mol. The molecule has 36 heavy (non-hydrogen) atoms. The van der Waals surface area contributed by atoms with E-state index in [0.717, 1.165) is 27.7 Å². The fourth-order valence-corrected chi connectivity index (χ4v) is 4.88. The van der Waals surface area contributed by atoms with Crippen LogP contribution in [0.5, 0.6) is 5.75 Å². The fourth-order valence-electron chi connectivity index (χ4n) is 4.88. The molecular weight excluding hydrogens is 456 g/mol. The second-order valence-electron chi connectivity index (χ2n) is 8.73. The number of aromatic nitrogens is 1. The molecule has 1 unspecified atom stereocenters. The number of aryl methyl sites for hydroxylation is 1. The van der Waals surface area contributed by atoms with E-state index in [1.165, 1.54) is 0 Å². The van der Waals surface area contributed by atoms with E-state index in [-0.39, 0.29) is 12.5 Å². The zero-order chi connectivity index (χ0) is 25.4. The van der Waals surface area contributed by atoms with Gasteiger partial charge in [0.25, 0.3) is 17.7 Å². The number of carbonyl (C=O) groups excluding carboxylic acids is 3. The van der Waals surface area contributed by atoms with Gasteiger partial charge in [-0.2, -0.15) is 0 Å². The highest BCUT2D eigenvalue weighted by Gasteiger charge is 2.40. The quantitative estimate of drug-likeness (QED) is 0.426. The number of para-hydroxylation sites is 1. The molecule has 4 aromatic rings. The number of hydrazine groups is 1. The van der Waals surface area contributed by atoms with Gasteiger partial charge in [-0.3, -0.25) is 25.2 Å². The minimum absolute atomic E-state index is 0.219. The second-order valence-corrected chi connectivity index (χ2v) is 8.73. The molecule has 1 aliphatic rings. The average molecular weight is 483 g/mol. The van der Waals surface area contributed by atoms with Crippen LogP contribution < -0.4 is 15.6 Å². The second kappa shape index (κ2) is 9.22. The van der Waals surface area contributed by atoms with E-state index in [1.807, 2.05) is 56.4 Å². The number of amides is 3. The number of ether oxygens (including phenoxy) is 1. The van der Waals surface area contributed by atoms with Gasteiger partial charge < -0.3 is 14.2 Å². The van der Waals surface area contributed by atoms with Crippen LogP contribution in [-0.4, -0.2) is 40.8 Å². The third-order valence-electron chi connectivity index (χ3n) is 6.76. The molecule has 3 aromatic carbocycles. The number of nitrogens with one attached hydrogen (secondary N) is 2. The van der Waals surface area contributed by atoms with Crippen molar-refractivity contribution in [2.45, 2.75) is 13.0 Å². The van der Waals surface area contributed by atoms with Gasteiger partial charge in [0.15, 0.2) is 0 Å². The Kier molecular flexibility index (Phi) is 5.93. The molecule has 1 aromatic heterocycles. The van der Waals surface area contributed by atoms with E-state index in [9.17, 15) is 14.4 Å². The summed E-state index contributed by atoms with van der Waals surface area (Å²) >= 11 is 0. The SMILES string of the molecule is COc1ccc(C(=O)NNC(=O)CN2C(=O)c3ccccc3C2c2c(C)n(C)c3ccccc23)cc1. The maximum absolute atomic E-state index is 13.4. The molecule has 0 aliphatic carbocycles. The predicted octanol–water partition coefficient (Wildman–Crippen LogP) is 3.50. The molecule has 0 spiro atoms. The third-order valence-corrected chi connectivity index (χ3v) is 6.76. The van der Waals surface area contributed by atoms with Gasteiger partial charge >= 0.3 is 0 Å². The first-order valence-electron chi connectivity index (χ1n) is 11.6. The van der Waals surface area contributed by atoms with Crippen LogP contribution in [0.25, 0.3) is 10.9 Å². The van der Waals surface area contributed by atoms with E-state index in [1.54, 1.807) is 42.3 Å². The number of fused-ring (bicyclic) bond motifs is 2. The van der Waals surface area contributed by atoms with Crippen LogP contribution >= 0.6 is 0 Å². The molecule has 0 bridgehead atoms. The van der Waals surface area contributed by atoms with E-state index < -0.39 is 17.9 Å². The number of hydrogen-bond acceptors (Lipinski definition) is 4. The van der Waals surface area contributed by atoms with Crippen LogP contribution in [0.15, 0.2) is 72.8 Å². The summed E-state index contributed by atoms with van der Waals surface area (Å²) in [4.78, 5) is 40.4. The molecule has 8 nitrogen and oxygen atoms in total. The smallest absolute Gasteiger partial charge is 0.269 e. The molecule has 5 rings (SSSR count). The zero-order valence-corrected chi connectivity index (χ0v) is 20.2. The summed E-state index contributed by atoms with van der Waals surface area (Å²) in [6, 6.07) is 21.6. The third kappa shape index (κ3) is 3.86. The molecule has 2 heterocycles. The van der Waals surface area contributed by atoms with Gasteiger partial charge in [0.2, 0.25) is 0 Å². The maximum atomic E-state index is 13.4. The predicted molar refractivity (Wildman–Crippen MR) is 136 cm³/mol. The lowest BCUT2D eigenvalue weighted by Crippen LogP contribution is -2.47. The lowest BCUT2D eigenvalue weighted by atomic mass is 9.95. The molecule has 3 amide bonds. The first-order chi connectivity index (χ1) is 17.4. The van der Waals surface area contributed by atoms with Gasteiger partial charge in [-0.1, -0.05) is 36.4 Å². The molecule has 1 aliphatic heterocycles. The van der Waals surface area contributed by atoms with Crippen molar-refractivity contribution in [2.75, 3.05) is 13.7 Å². The normalized spacial score (nSPS) is 14.6. The first kappa shape index (κ1) is 23.2. The van der Waals surface area contributed by atoms with Gasteiger partial charge in [-0.05, 0) is 48.9 Å². The Morgan fingerprint density at radius 1 is 0.944 bits per heavy atom. The van der Waals surface area contributed by atoms with Crippen molar-refractivity contribution in [3.8, 4) is 5.75 Å². The first-order valence-corrected chi connectivity index (χ1v) is 11.6. The lowest BCUT2D eigenvalue weighted by molar-refractivity contribution is -0.122. The number of rotatable bonds is 5. The minimum atomic E-state index is -0.499. The van der Waals surface area contributed by atoms with Crippen molar-refractivity contribution < 1.29 is 19.1 Å². The van der Waals surface area contributed by atoms with Crippen molar-refractivity contribution in [3.05, 3.63) is 101 Å². The van der Waals surface area contributed by atoms with Gasteiger partial charge in [0, 0.05) is 40.3 Å². The van der Waals surface area contributed by atoms with Crippen LogP contribution in [0.2, 0.25) is 0 Å². The number of hydrogen-bond donors (Lipinski definition) is 2. The van der Waals surface area contributed by atoms with Crippen LogP contribution in [0, 0.1) is 6.92 Å². The number of carbonyl (C=O) groups is 3. The van der Waals surface area contributed by atoms with Crippen molar-refractivity contribution in [1.82, 2.24) is 20.3 Å². The van der Waals surface area contributed by atoms with Crippen LogP contribution in [0.4, 0.5) is 0 Å². The Bertz CT molecular complexity index is 1490. The number of nitrogens with zero attached hydrogens (tertiary/aromatic N) is 2. The Labute approximate surface area is 208 Å². The largest absolute Gasteiger partial charge is 0.497 e. The maximum Gasteiger partial charge on any atom is 0.269 e. The fraction of sp³-hybridized carbons (Fsp3) is 0.179. The lowest BCUT2D eigenvalue weighted by Gasteiger charge is -2.26.